The normalized spacial score (nSPS) is 12.8. The third-order valence-electron chi connectivity index (χ3n) is 3.26. The van der Waals surface area contributed by atoms with Gasteiger partial charge in [0.05, 0.1) is 10.0 Å². The number of hydrogen-bond donors (Lipinski definition) is 1. The zero-order valence-electron chi connectivity index (χ0n) is 11.9. The lowest BCUT2D eigenvalue weighted by atomic mass is 10.1. The summed E-state index contributed by atoms with van der Waals surface area (Å²) in [4.78, 5) is 1.24. The number of nitrogens with zero attached hydrogens (tertiary/aromatic N) is 2. The van der Waals surface area contributed by atoms with E-state index < -0.39 is 0 Å². The van der Waals surface area contributed by atoms with Crippen molar-refractivity contribution in [3.8, 4) is 0 Å². The molecule has 3 nitrogen and oxygen atoms in total. The van der Waals surface area contributed by atoms with Gasteiger partial charge in [0.25, 0.3) is 0 Å². The fraction of sp³-hybridized carbons (Fsp3) is 0.500. The summed E-state index contributed by atoms with van der Waals surface area (Å²) in [5.74, 6) is 0. The van der Waals surface area contributed by atoms with Gasteiger partial charge in [-0.3, -0.25) is 4.68 Å². The van der Waals surface area contributed by atoms with Crippen molar-refractivity contribution in [2.24, 2.45) is 7.05 Å². The molecule has 0 bridgehead atoms. The molecule has 1 N–H and O–H groups in total. The third-order valence-corrected chi connectivity index (χ3v) is 5.07. The first-order chi connectivity index (χ1) is 9.52. The van der Waals surface area contributed by atoms with Gasteiger partial charge in [0.15, 0.2) is 0 Å². The Labute approximate surface area is 133 Å². The van der Waals surface area contributed by atoms with Gasteiger partial charge in [0.2, 0.25) is 0 Å². The summed E-state index contributed by atoms with van der Waals surface area (Å²) in [6.45, 7) is 5.13. The van der Waals surface area contributed by atoms with E-state index in [1.54, 1.807) is 16.0 Å². The van der Waals surface area contributed by atoms with Crippen LogP contribution in [0.4, 0.5) is 0 Å². The van der Waals surface area contributed by atoms with E-state index >= 15 is 0 Å². The molecular formula is C14H19Cl2N3S. The molecule has 0 saturated heterocycles. The Balaban J connectivity index is 2.23. The van der Waals surface area contributed by atoms with Crippen molar-refractivity contribution in [1.29, 1.82) is 0 Å². The van der Waals surface area contributed by atoms with Gasteiger partial charge < -0.3 is 5.32 Å². The van der Waals surface area contributed by atoms with Crippen LogP contribution in [0, 0.1) is 6.92 Å². The summed E-state index contributed by atoms with van der Waals surface area (Å²) in [7, 11) is 1.87. The van der Waals surface area contributed by atoms with Crippen molar-refractivity contribution in [1.82, 2.24) is 15.1 Å². The van der Waals surface area contributed by atoms with Crippen LogP contribution < -0.4 is 5.32 Å². The highest BCUT2D eigenvalue weighted by Gasteiger charge is 2.19. The first kappa shape index (κ1) is 15.8. The maximum Gasteiger partial charge on any atom is 0.130 e. The molecule has 1 atom stereocenters. The van der Waals surface area contributed by atoms with Gasteiger partial charge >= 0.3 is 0 Å². The molecule has 6 heteroatoms. The average molecular weight is 332 g/mol. The van der Waals surface area contributed by atoms with Crippen molar-refractivity contribution in [3.63, 3.8) is 0 Å². The molecule has 0 fully saturated rings. The second-order valence-electron chi connectivity index (χ2n) is 4.83. The fourth-order valence-corrected chi connectivity index (χ4v) is 3.61. The topological polar surface area (TPSA) is 29.9 Å². The predicted molar refractivity (Wildman–Crippen MR) is 87.0 cm³/mol. The zero-order valence-corrected chi connectivity index (χ0v) is 14.2. The molecule has 110 valence electrons. The van der Waals surface area contributed by atoms with Crippen LogP contribution in [0.2, 0.25) is 9.49 Å². The number of hydrogen-bond acceptors (Lipinski definition) is 3. The average Bonchev–Trinajstić information content (AvgIpc) is 2.93. The number of aryl methyl sites for hydroxylation is 2. The van der Waals surface area contributed by atoms with Gasteiger partial charge in [-0.2, -0.15) is 5.10 Å². The summed E-state index contributed by atoms with van der Waals surface area (Å²) >= 11 is 14.0. The molecule has 2 aromatic rings. The molecule has 0 radical (unpaired) electrons. The second-order valence-corrected chi connectivity index (χ2v) is 6.94. The lowest BCUT2D eigenvalue weighted by Crippen LogP contribution is -2.23. The third kappa shape index (κ3) is 3.55. The number of nitrogens with one attached hydrogen (secondary N) is 1. The van der Waals surface area contributed by atoms with Gasteiger partial charge in [-0.1, -0.05) is 30.1 Å². The smallest absolute Gasteiger partial charge is 0.130 e. The number of rotatable bonds is 6. The minimum atomic E-state index is 0.229. The molecule has 1 unspecified atom stereocenters. The molecule has 0 amide bonds. The molecule has 0 aliphatic rings. The SMILES string of the molecule is CCCNC(Cc1c(C)nn(C)c1Cl)c1ccc(Cl)s1. The van der Waals surface area contributed by atoms with Gasteiger partial charge in [-0.05, 0) is 38.4 Å². The summed E-state index contributed by atoms with van der Waals surface area (Å²) < 4.78 is 2.54. The maximum atomic E-state index is 6.33. The van der Waals surface area contributed by atoms with Crippen LogP contribution in [0.5, 0.6) is 0 Å². The van der Waals surface area contributed by atoms with Gasteiger partial charge in [-0.15, -0.1) is 11.3 Å². The number of aromatic nitrogens is 2. The molecule has 2 aromatic heterocycles. The molecular weight excluding hydrogens is 313 g/mol. The molecule has 0 aromatic carbocycles. The minimum absolute atomic E-state index is 0.229. The van der Waals surface area contributed by atoms with E-state index in [0.717, 1.165) is 35.0 Å². The first-order valence-corrected chi connectivity index (χ1v) is 8.26. The number of halogens is 2. The maximum absolute atomic E-state index is 6.33. The summed E-state index contributed by atoms with van der Waals surface area (Å²) in [6.07, 6.45) is 1.92. The van der Waals surface area contributed by atoms with Crippen LogP contribution in [0.25, 0.3) is 0 Å². The Kier molecular flexibility index (Phi) is 5.49. The summed E-state index contributed by atoms with van der Waals surface area (Å²) in [5.41, 5.74) is 2.09. The molecule has 0 saturated carbocycles. The highest BCUT2D eigenvalue weighted by atomic mass is 35.5. The van der Waals surface area contributed by atoms with E-state index in [-0.39, 0.29) is 6.04 Å². The van der Waals surface area contributed by atoms with Gasteiger partial charge in [-0.25, -0.2) is 0 Å². The van der Waals surface area contributed by atoms with Crippen molar-refractivity contribution in [2.75, 3.05) is 6.54 Å². The summed E-state index contributed by atoms with van der Waals surface area (Å²) in [6, 6.07) is 4.26. The van der Waals surface area contributed by atoms with Gasteiger partial charge in [0.1, 0.15) is 5.15 Å². The lowest BCUT2D eigenvalue weighted by Gasteiger charge is -2.17. The van der Waals surface area contributed by atoms with Crippen LogP contribution in [0.15, 0.2) is 12.1 Å². The zero-order chi connectivity index (χ0) is 14.7. The van der Waals surface area contributed by atoms with E-state index in [4.69, 9.17) is 23.2 Å². The highest BCUT2D eigenvalue weighted by molar-refractivity contribution is 7.16. The quantitative estimate of drug-likeness (QED) is 0.851. The standard InChI is InChI=1S/C14H19Cl2N3S/c1-4-7-17-11(12-5-6-13(15)20-12)8-10-9(2)18-19(3)14(10)16/h5-6,11,17H,4,7-8H2,1-3H3. The molecule has 0 aliphatic carbocycles. The minimum Gasteiger partial charge on any atom is -0.309 e. The highest BCUT2D eigenvalue weighted by Crippen LogP contribution is 2.31. The second kappa shape index (κ2) is 6.94. The predicted octanol–water partition coefficient (Wildman–Crippen LogP) is 4.38. The monoisotopic (exact) mass is 331 g/mol. The fourth-order valence-electron chi connectivity index (χ4n) is 2.22. The van der Waals surface area contributed by atoms with Crippen LogP contribution >= 0.6 is 34.5 Å². The Bertz CT molecular complexity index is 577. The Hall–Kier alpha value is -0.550. The Morgan fingerprint density at radius 3 is 2.65 bits per heavy atom. The molecule has 2 rings (SSSR count). The molecule has 0 spiro atoms. The largest absolute Gasteiger partial charge is 0.309 e. The van der Waals surface area contributed by atoms with E-state index in [0.29, 0.717) is 5.15 Å². The van der Waals surface area contributed by atoms with Crippen molar-refractivity contribution in [3.05, 3.63) is 37.8 Å². The van der Waals surface area contributed by atoms with Crippen LogP contribution in [0.1, 0.15) is 35.5 Å². The molecule has 20 heavy (non-hydrogen) atoms. The molecule has 2 heterocycles. The van der Waals surface area contributed by atoms with Crippen LogP contribution in [-0.2, 0) is 13.5 Å². The Morgan fingerprint density at radius 1 is 1.40 bits per heavy atom. The number of thiophene rings is 1. The molecule has 0 aliphatic heterocycles. The lowest BCUT2D eigenvalue weighted by molar-refractivity contribution is 0.535. The van der Waals surface area contributed by atoms with Crippen molar-refractivity contribution >= 4 is 34.5 Å². The van der Waals surface area contributed by atoms with E-state index in [9.17, 15) is 0 Å². The van der Waals surface area contributed by atoms with Crippen molar-refractivity contribution < 1.29 is 0 Å². The first-order valence-electron chi connectivity index (χ1n) is 6.69. The van der Waals surface area contributed by atoms with E-state index in [1.165, 1.54) is 4.88 Å². The van der Waals surface area contributed by atoms with Gasteiger partial charge in [0, 0.05) is 23.5 Å². The van der Waals surface area contributed by atoms with E-state index in [1.807, 2.05) is 20.0 Å². The van der Waals surface area contributed by atoms with Crippen molar-refractivity contribution in [2.45, 2.75) is 32.7 Å². The van der Waals surface area contributed by atoms with E-state index in [2.05, 4.69) is 23.4 Å². The van der Waals surface area contributed by atoms with Crippen LogP contribution in [-0.4, -0.2) is 16.3 Å². The Morgan fingerprint density at radius 2 is 2.15 bits per heavy atom. The summed E-state index contributed by atoms with van der Waals surface area (Å²) in [5, 5.41) is 8.66. The van der Waals surface area contributed by atoms with Crippen LogP contribution in [0.3, 0.4) is 0 Å².